The molecule has 0 radical (unpaired) electrons. The van der Waals surface area contributed by atoms with Crippen LogP contribution in [0.15, 0.2) is 24.3 Å². The summed E-state index contributed by atoms with van der Waals surface area (Å²) < 4.78 is 50.9. The molecule has 5 nitrogen and oxygen atoms in total. The Morgan fingerprint density at radius 3 is 2.48 bits per heavy atom. The van der Waals surface area contributed by atoms with Gasteiger partial charge in [0.05, 0.1) is 17.7 Å². The van der Waals surface area contributed by atoms with Gasteiger partial charge in [0, 0.05) is 6.61 Å². The summed E-state index contributed by atoms with van der Waals surface area (Å²) in [6.45, 7) is 8.67. The highest BCUT2D eigenvalue weighted by Crippen LogP contribution is 2.38. The van der Waals surface area contributed by atoms with E-state index >= 15 is 0 Å². The van der Waals surface area contributed by atoms with Crippen molar-refractivity contribution in [2.45, 2.75) is 83.5 Å². The zero-order chi connectivity index (χ0) is 22.0. The summed E-state index contributed by atoms with van der Waals surface area (Å²) in [5.74, 6) is 0. The van der Waals surface area contributed by atoms with Crippen LogP contribution in [0.1, 0.15) is 58.6 Å². The first-order chi connectivity index (χ1) is 13.2. The Balaban J connectivity index is 2.36. The first-order valence-electron chi connectivity index (χ1n) is 9.72. The second-order valence-electron chi connectivity index (χ2n) is 8.79. The zero-order valence-electron chi connectivity index (χ0n) is 17.5. The molecule has 164 valence electrons. The van der Waals surface area contributed by atoms with E-state index in [1.807, 2.05) is 0 Å². The van der Waals surface area contributed by atoms with Crippen LogP contribution in [0.3, 0.4) is 0 Å². The Morgan fingerprint density at radius 1 is 1.28 bits per heavy atom. The van der Waals surface area contributed by atoms with Gasteiger partial charge in [-0.3, -0.25) is 4.90 Å². The van der Waals surface area contributed by atoms with Crippen LogP contribution in [0.4, 0.5) is 18.0 Å². The number of nitrogens with zero attached hydrogens (tertiary/aromatic N) is 1. The van der Waals surface area contributed by atoms with Crippen LogP contribution in [0.2, 0.25) is 0 Å². The minimum Gasteiger partial charge on any atom is -0.444 e. The van der Waals surface area contributed by atoms with Crippen LogP contribution < -0.4 is 0 Å². The first-order valence-corrected chi connectivity index (χ1v) is 9.72. The predicted octanol–water partition coefficient (Wildman–Crippen LogP) is 4.76. The van der Waals surface area contributed by atoms with Gasteiger partial charge in [0.25, 0.3) is 0 Å². The highest BCUT2D eigenvalue weighted by Gasteiger charge is 2.50. The van der Waals surface area contributed by atoms with Gasteiger partial charge in [-0.2, -0.15) is 13.2 Å². The molecule has 0 aliphatic carbocycles. The molecule has 1 fully saturated rings. The van der Waals surface area contributed by atoms with E-state index in [4.69, 9.17) is 9.47 Å². The Labute approximate surface area is 169 Å². The molecule has 2 rings (SSSR count). The van der Waals surface area contributed by atoms with Crippen molar-refractivity contribution in [3.63, 3.8) is 0 Å². The van der Waals surface area contributed by atoms with E-state index in [9.17, 15) is 23.1 Å². The van der Waals surface area contributed by atoms with Gasteiger partial charge >= 0.3 is 12.3 Å². The molecule has 2 unspecified atom stereocenters. The molecule has 1 N–H and O–H groups in total. The van der Waals surface area contributed by atoms with E-state index in [1.165, 1.54) is 11.0 Å². The Bertz CT molecular complexity index is 713. The van der Waals surface area contributed by atoms with Crippen molar-refractivity contribution in [1.29, 1.82) is 0 Å². The monoisotopic (exact) mass is 417 g/mol. The minimum absolute atomic E-state index is 0.0387. The molecule has 0 bridgehead atoms. The maximum absolute atomic E-state index is 13.1. The van der Waals surface area contributed by atoms with Crippen molar-refractivity contribution >= 4 is 6.09 Å². The van der Waals surface area contributed by atoms with Gasteiger partial charge < -0.3 is 14.6 Å². The smallest absolute Gasteiger partial charge is 0.416 e. The van der Waals surface area contributed by atoms with Gasteiger partial charge in [-0.15, -0.1) is 0 Å². The summed E-state index contributed by atoms with van der Waals surface area (Å²) >= 11 is 0. The molecule has 8 heteroatoms. The number of carbonyl (C=O) groups is 1. The summed E-state index contributed by atoms with van der Waals surface area (Å²) in [7, 11) is 0. The topological polar surface area (TPSA) is 59.0 Å². The van der Waals surface area contributed by atoms with Gasteiger partial charge in [-0.1, -0.05) is 18.2 Å². The molecule has 0 spiro atoms. The average molecular weight is 417 g/mol. The van der Waals surface area contributed by atoms with E-state index in [2.05, 4.69) is 0 Å². The number of hydrogen-bond acceptors (Lipinski definition) is 4. The van der Waals surface area contributed by atoms with E-state index in [-0.39, 0.29) is 13.0 Å². The van der Waals surface area contributed by atoms with E-state index < -0.39 is 41.3 Å². The van der Waals surface area contributed by atoms with Crippen molar-refractivity contribution in [3.05, 3.63) is 35.4 Å². The number of amides is 1. The fourth-order valence-electron chi connectivity index (χ4n) is 3.62. The lowest BCUT2D eigenvalue weighted by Gasteiger charge is -2.35. The summed E-state index contributed by atoms with van der Waals surface area (Å²) in [6.07, 6.45) is -4.33. The van der Waals surface area contributed by atoms with E-state index in [0.717, 1.165) is 12.1 Å². The molecule has 1 saturated heterocycles. The number of aliphatic hydroxyl groups is 1. The standard InChI is InChI=1S/C21H30F3NO4/c1-19(2,3)29-18(27)25-16(17(10-7-11-26)28-20(25,4)5)13-14-8-6-9-15(12-14)21(22,23)24/h6,8-9,12,16-17,26H,7,10-11,13H2,1-5H3. The van der Waals surface area contributed by atoms with Gasteiger partial charge in [0.2, 0.25) is 0 Å². The predicted molar refractivity (Wildman–Crippen MR) is 102 cm³/mol. The number of ether oxygens (including phenoxy) is 2. The second kappa shape index (κ2) is 8.52. The molecule has 1 aromatic carbocycles. The third kappa shape index (κ3) is 6.09. The molecule has 2 atom stereocenters. The number of hydrogen-bond donors (Lipinski definition) is 1. The molecule has 1 aliphatic rings. The van der Waals surface area contributed by atoms with Crippen LogP contribution in [0.25, 0.3) is 0 Å². The molecular weight excluding hydrogens is 387 g/mol. The molecule has 1 aromatic rings. The number of alkyl halides is 3. The maximum atomic E-state index is 13.1. The molecule has 0 saturated carbocycles. The second-order valence-corrected chi connectivity index (χ2v) is 8.79. The number of benzene rings is 1. The van der Waals surface area contributed by atoms with Crippen LogP contribution in [0, 0.1) is 0 Å². The number of rotatable bonds is 5. The Hall–Kier alpha value is -1.80. The number of aliphatic hydroxyl groups excluding tert-OH is 1. The SMILES string of the molecule is CC(C)(C)OC(=O)N1C(Cc2cccc(C(F)(F)F)c2)C(CCCO)OC1(C)C. The first kappa shape index (κ1) is 23.5. The largest absolute Gasteiger partial charge is 0.444 e. The minimum atomic E-state index is -4.44. The number of carbonyl (C=O) groups excluding carboxylic acids is 1. The van der Waals surface area contributed by atoms with Crippen LogP contribution in [-0.4, -0.2) is 46.2 Å². The average Bonchev–Trinajstić information content (AvgIpc) is 2.80. The quantitative estimate of drug-likeness (QED) is 0.750. The number of halogens is 3. The van der Waals surface area contributed by atoms with Crippen molar-refractivity contribution in [1.82, 2.24) is 4.90 Å². The fraction of sp³-hybridized carbons (Fsp3) is 0.667. The molecule has 1 amide bonds. The summed E-state index contributed by atoms with van der Waals surface area (Å²) in [5, 5.41) is 9.20. The Kier molecular flexibility index (Phi) is 6.89. The summed E-state index contributed by atoms with van der Waals surface area (Å²) in [5.41, 5.74) is -2.00. The van der Waals surface area contributed by atoms with Crippen molar-refractivity contribution in [2.75, 3.05) is 6.61 Å². The summed E-state index contributed by atoms with van der Waals surface area (Å²) in [4.78, 5) is 14.4. The third-order valence-electron chi connectivity index (χ3n) is 4.72. The molecule has 1 heterocycles. The van der Waals surface area contributed by atoms with Gasteiger partial charge in [-0.25, -0.2) is 4.79 Å². The maximum Gasteiger partial charge on any atom is 0.416 e. The van der Waals surface area contributed by atoms with E-state index in [1.54, 1.807) is 40.7 Å². The lowest BCUT2D eigenvalue weighted by atomic mass is 9.96. The lowest BCUT2D eigenvalue weighted by Crippen LogP contribution is -2.51. The normalized spacial score (nSPS) is 22.0. The Morgan fingerprint density at radius 2 is 1.93 bits per heavy atom. The van der Waals surface area contributed by atoms with Gasteiger partial charge in [0.15, 0.2) is 0 Å². The van der Waals surface area contributed by atoms with Crippen LogP contribution in [-0.2, 0) is 22.1 Å². The van der Waals surface area contributed by atoms with Crippen molar-refractivity contribution in [2.24, 2.45) is 0 Å². The van der Waals surface area contributed by atoms with Crippen LogP contribution >= 0.6 is 0 Å². The lowest BCUT2D eigenvalue weighted by molar-refractivity contribution is -0.137. The zero-order valence-corrected chi connectivity index (χ0v) is 17.5. The highest BCUT2D eigenvalue weighted by atomic mass is 19.4. The van der Waals surface area contributed by atoms with Crippen molar-refractivity contribution in [3.8, 4) is 0 Å². The highest BCUT2D eigenvalue weighted by molar-refractivity contribution is 5.70. The van der Waals surface area contributed by atoms with E-state index in [0.29, 0.717) is 18.4 Å². The van der Waals surface area contributed by atoms with Gasteiger partial charge in [-0.05, 0) is 65.5 Å². The molecular formula is C21H30F3NO4. The molecule has 29 heavy (non-hydrogen) atoms. The molecule has 1 aliphatic heterocycles. The molecule has 0 aromatic heterocycles. The van der Waals surface area contributed by atoms with Gasteiger partial charge in [0.1, 0.15) is 11.3 Å². The third-order valence-corrected chi connectivity index (χ3v) is 4.72. The summed E-state index contributed by atoms with van der Waals surface area (Å²) in [6, 6.07) is 4.57. The van der Waals surface area contributed by atoms with Crippen molar-refractivity contribution < 1.29 is 32.5 Å². The fourth-order valence-corrected chi connectivity index (χ4v) is 3.62. The van der Waals surface area contributed by atoms with Crippen LogP contribution in [0.5, 0.6) is 0 Å².